The monoisotopic (exact) mass is 359 g/mol. The lowest BCUT2D eigenvalue weighted by molar-refractivity contribution is -0.139. The van der Waals surface area contributed by atoms with Gasteiger partial charge in [0.15, 0.2) is 15.9 Å². The van der Waals surface area contributed by atoms with Crippen LogP contribution in [0.25, 0.3) is 0 Å². The number of benzene rings is 1. The first-order chi connectivity index (χ1) is 10.7. The highest BCUT2D eigenvalue weighted by Crippen LogP contribution is 2.24. The molecule has 1 fully saturated rings. The Balaban J connectivity index is 2.08. The molecule has 1 aromatic rings. The van der Waals surface area contributed by atoms with Gasteiger partial charge in [-0.15, -0.1) is 0 Å². The average molecular weight is 360 g/mol. The summed E-state index contributed by atoms with van der Waals surface area (Å²) in [4.78, 5) is 14.2. The number of carbonyl (C=O) groups is 1. The molecule has 128 valence electrons. The zero-order valence-corrected chi connectivity index (χ0v) is 15.2. The molecule has 1 aromatic carbocycles. The van der Waals surface area contributed by atoms with Gasteiger partial charge in [-0.2, -0.15) is 0 Å². The van der Waals surface area contributed by atoms with Gasteiger partial charge >= 0.3 is 0 Å². The Morgan fingerprint density at radius 1 is 1.48 bits per heavy atom. The Hall–Kier alpha value is -1.27. The van der Waals surface area contributed by atoms with E-state index in [0.717, 1.165) is 5.56 Å². The minimum atomic E-state index is -3.03. The van der Waals surface area contributed by atoms with Crippen LogP contribution >= 0.6 is 11.6 Å². The van der Waals surface area contributed by atoms with E-state index in [0.29, 0.717) is 23.7 Å². The van der Waals surface area contributed by atoms with Crippen LogP contribution in [0.15, 0.2) is 18.2 Å². The fraction of sp³-hybridized carbons (Fsp3) is 0.562. The third-order valence-electron chi connectivity index (χ3n) is 4.06. The minimum absolute atomic E-state index is 0.0409. The molecule has 2 unspecified atom stereocenters. The van der Waals surface area contributed by atoms with Crippen molar-refractivity contribution in [1.29, 1.82) is 0 Å². The van der Waals surface area contributed by atoms with E-state index >= 15 is 0 Å². The lowest BCUT2D eigenvalue weighted by Gasteiger charge is -2.29. The predicted octanol–water partition coefficient (Wildman–Crippen LogP) is 2.45. The Labute approximate surface area is 142 Å². The number of hydrogen-bond acceptors (Lipinski definition) is 4. The zero-order valence-electron chi connectivity index (χ0n) is 13.6. The summed E-state index contributed by atoms with van der Waals surface area (Å²) < 4.78 is 29.0. The predicted molar refractivity (Wildman–Crippen MR) is 90.7 cm³/mol. The maximum absolute atomic E-state index is 12.6. The summed E-state index contributed by atoms with van der Waals surface area (Å²) in [5.41, 5.74) is 0.851. The van der Waals surface area contributed by atoms with Gasteiger partial charge in [0, 0.05) is 17.6 Å². The summed E-state index contributed by atoms with van der Waals surface area (Å²) >= 11 is 5.91. The van der Waals surface area contributed by atoms with E-state index in [1.54, 1.807) is 30.0 Å². The standard InChI is InChI=1S/C16H22ClNO4S/c1-4-18(14-7-8-23(20,21)10-14)16(19)12(3)22-15-6-5-13(17)9-11(15)2/h5-6,9,12,14H,4,7-8,10H2,1-3H3. The van der Waals surface area contributed by atoms with E-state index in [4.69, 9.17) is 16.3 Å². The van der Waals surface area contributed by atoms with Crippen LogP contribution in [0.5, 0.6) is 5.75 Å². The maximum Gasteiger partial charge on any atom is 0.263 e. The van der Waals surface area contributed by atoms with Gasteiger partial charge in [-0.1, -0.05) is 11.6 Å². The van der Waals surface area contributed by atoms with Crippen molar-refractivity contribution in [3.8, 4) is 5.75 Å². The van der Waals surface area contributed by atoms with Crippen LogP contribution in [0.4, 0.5) is 0 Å². The summed E-state index contributed by atoms with van der Waals surface area (Å²) in [5.74, 6) is 0.598. The molecule has 0 aromatic heterocycles. The van der Waals surface area contributed by atoms with Crippen molar-refractivity contribution >= 4 is 27.3 Å². The summed E-state index contributed by atoms with van der Waals surface area (Å²) in [5, 5.41) is 0.611. The summed E-state index contributed by atoms with van der Waals surface area (Å²) in [6, 6.07) is 4.96. The number of halogens is 1. The molecule has 1 heterocycles. The number of likely N-dealkylation sites (N-methyl/N-ethyl adjacent to an activating group) is 1. The molecule has 7 heteroatoms. The number of nitrogens with zero attached hydrogens (tertiary/aromatic N) is 1. The van der Waals surface area contributed by atoms with Crippen molar-refractivity contribution in [2.24, 2.45) is 0 Å². The van der Waals surface area contributed by atoms with Gasteiger partial charge in [-0.3, -0.25) is 4.79 Å². The Kier molecular flexibility index (Phi) is 5.57. The normalized spacial score (nSPS) is 21.0. The topological polar surface area (TPSA) is 63.7 Å². The molecule has 0 spiro atoms. The van der Waals surface area contributed by atoms with Crippen LogP contribution in [-0.4, -0.2) is 49.4 Å². The summed E-state index contributed by atoms with van der Waals surface area (Å²) in [6.07, 6.45) is -0.188. The van der Waals surface area contributed by atoms with Gasteiger partial charge < -0.3 is 9.64 Å². The van der Waals surface area contributed by atoms with Crippen molar-refractivity contribution in [3.63, 3.8) is 0 Å². The number of sulfone groups is 1. The fourth-order valence-corrected chi connectivity index (χ4v) is 4.79. The number of ether oxygens (including phenoxy) is 1. The Morgan fingerprint density at radius 3 is 2.70 bits per heavy atom. The van der Waals surface area contributed by atoms with Crippen LogP contribution in [0, 0.1) is 6.92 Å². The molecule has 1 saturated heterocycles. The van der Waals surface area contributed by atoms with Gasteiger partial charge in [-0.05, 0) is 51.0 Å². The maximum atomic E-state index is 12.6. The Bertz CT molecular complexity index is 689. The third kappa shape index (κ3) is 4.38. The van der Waals surface area contributed by atoms with E-state index < -0.39 is 15.9 Å². The molecule has 23 heavy (non-hydrogen) atoms. The first-order valence-electron chi connectivity index (χ1n) is 7.67. The number of aryl methyl sites for hydroxylation is 1. The van der Waals surface area contributed by atoms with Crippen molar-refractivity contribution in [2.45, 2.75) is 39.3 Å². The van der Waals surface area contributed by atoms with E-state index in [-0.39, 0.29) is 23.5 Å². The van der Waals surface area contributed by atoms with Gasteiger partial charge in [0.1, 0.15) is 5.75 Å². The molecule has 0 aliphatic carbocycles. The highest BCUT2D eigenvalue weighted by molar-refractivity contribution is 7.91. The van der Waals surface area contributed by atoms with Crippen LogP contribution in [-0.2, 0) is 14.6 Å². The second kappa shape index (κ2) is 7.09. The first-order valence-corrected chi connectivity index (χ1v) is 9.87. The second-order valence-corrected chi connectivity index (χ2v) is 8.52. The zero-order chi connectivity index (χ0) is 17.2. The molecular formula is C16H22ClNO4S. The first kappa shape index (κ1) is 18.1. The average Bonchev–Trinajstić information content (AvgIpc) is 2.82. The molecule has 0 saturated carbocycles. The van der Waals surface area contributed by atoms with E-state index in [9.17, 15) is 13.2 Å². The van der Waals surface area contributed by atoms with Crippen molar-refractivity contribution in [2.75, 3.05) is 18.1 Å². The Morgan fingerprint density at radius 2 is 2.17 bits per heavy atom. The van der Waals surface area contributed by atoms with Gasteiger partial charge in [0.25, 0.3) is 5.91 Å². The highest BCUT2D eigenvalue weighted by Gasteiger charge is 2.35. The van der Waals surface area contributed by atoms with Crippen LogP contribution in [0.1, 0.15) is 25.8 Å². The molecule has 1 aliphatic heterocycles. The number of rotatable bonds is 5. The van der Waals surface area contributed by atoms with Gasteiger partial charge in [0.2, 0.25) is 0 Å². The molecule has 2 rings (SSSR count). The highest BCUT2D eigenvalue weighted by atomic mass is 35.5. The quantitative estimate of drug-likeness (QED) is 0.810. The summed E-state index contributed by atoms with van der Waals surface area (Å²) in [6.45, 7) is 5.86. The van der Waals surface area contributed by atoms with E-state index in [1.165, 1.54) is 0 Å². The van der Waals surface area contributed by atoms with E-state index in [1.807, 2.05) is 13.8 Å². The molecule has 1 aliphatic rings. The van der Waals surface area contributed by atoms with E-state index in [2.05, 4.69) is 0 Å². The molecule has 1 amide bonds. The largest absolute Gasteiger partial charge is 0.481 e. The third-order valence-corrected chi connectivity index (χ3v) is 6.05. The van der Waals surface area contributed by atoms with Gasteiger partial charge in [0.05, 0.1) is 11.5 Å². The van der Waals surface area contributed by atoms with Crippen LogP contribution in [0.2, 0.25) is 5.02 Å². The lowest BCUT2D eigenvalue weighted by atomic mass is 10.2. The SMILES string of the molecule is CCN(C(=O)C(C)Oc1ccc(Cl)cc1C)C1CCS(=O)(=O)C1. The number of carbonyl (C=O) groups excluding carboxylic acids is 1. The van der Waals surface area contributed by atoms with Crippen molar-refractivity contribution < 1.29 is 17.9 Å². The lowest BCUT2D eigenvalue weighted by Crippen LogP contribution is -2.46. The molecule has 0 bridgehead atoms. The smallest absolute Gasteiger partial charge is 0.263 e. The van der Waals surface area contributed by atoms with Crippen molar-refractivity contribution in [1.82, 2.24) is 4.90 Å². The fourth-order valence-electron chi connectivity index (χ4n) is 2.83. The second-order valence-electron chi connectivity index (χ2n) is 5.85. The van der Waals surface area contributed by atoms with Gasteiger partial charge in [-0.25, -0.2) is 8.42 Å². The minimum Gasteiger partial charge on any atom is -0.481 e. The molecular weight excluding hydrogens is 338 g/mol. The molecule has 5 nitrogen and oxygen atoms in total. The molecule has 2 atom stereocenters. The van der Waals surface area contributed by atoms with Crippen LogP contribution in [0.3, 0.4) is 0 Å². The van der Waals surface area contributed by atoms with Crippen LogP contribution < -0.4 is 4.74 Å². The number of hydrogen-bond donors (Lipinski definition) is 0. The molecule has 0 N–H and O–H groups in total. The summed E-state index contributed by atoms with van der Waals surface area (Å²) in [7, 11) is -3.03. The van der Waals surface area contributed by atoms with Crippen molar-refractivity contribution in [3.05, 3.63) is 28.8 Å². The molecule has 0 radical (unpaired) electrons. The number of amides is 1.